The van der Waals surface area contributed by atoms with Gasteiger partial charge in [0.2, 0.25) is 0 Å². The topological polar surface area (TPSA) is 107 Å². The number of methoxy groups -OCH3 is 3. The van der Waals surface area contributed by atoms with E-state index < -0.39 is 17.8 Å². The Morgan fingerprint density at radius 3 is 2.25 bits per heavy atom. The van der Waals surface area contributed by atoms with Gasteiger partial charge in [-0.15, -0.1) is 0 Å². The minimum Gasteiger partial charge on any atom is -0.496 e. The van der Waals surface area contributed by atoms with E-state index in [2.05, 4.69) is 10.3 Å². The third kappa shape index (κ3) is 3.37. The predicted octanol–water partition coefficient (Wildman–Crippen LogP) is 1.77. The Kier molecular flexibility index (Phi) is 5.25. The molecule has 2 heterocycles. The van der Waals surface area contributed by atoms with E-state index in [0.29, 0.717) is 22.8 Å². The summed E-state index contributed by atoms with van der Waals surface area (Å²) in [6.07, 6.45) is 4.16. The molecule has 1 aromatic carbocycles. The van der Waals surface area contributed by atoms with Gasteiger partial charge in [-0.25, -0.2) is 9.69 Å². The molecule has 0 spiro atoms. The Labute approximate surface area is 160 Å². The summed E-state index contributed by atoms with van der Waals surface area (Å²) in [7, 11) is 4.36. The molecule has 0 atom stereocenters. The van der Waals surface area contributed by atoms with Gasteiger partial charge in [0, 0.05) is 18.3 Å². The standard InChI is InChI=1S/C19H17N3O6/c1-26-12-7-15(27-2)13(16(8-12)28-3)9-14-17(23)21-19(25)22(18(14)24)11-5-4-6-20-10-11/h4-10H,1-3H3,(H,21,23,25)/b14-9+. The van der Waals surface area contributed by atoms with Crippen LogP contribution in [0.3, 0.4) is 0 Å². The van der Waals surface area contributed by atoms with Crippen molar-refractivity contribution < 1.29 is 28.6 Å². The van der Waals surface area contributed by atoms with E-state index in [-0.39, 0.29) is 11.3 Å². The molecule has 1 N–H and O–H groups in total. The summed E-state index contributed by atoms with van der Waals surface area (Å²) in [6.45, 7) is 0. The second-order valence-electron chi connectivity index (χ2n) is 5.61. The molecule has 0 radical (unpaired) electrons. The number of nitrogens with zero attached hydrogens (tertiary/aromatic N) is 2. The van der Waals surface area contributed by atoms with Crippen LogP contribution in [0, 0.1) is 0 Å². The normalized spacial score (nSPS) is 15.5. The van der Waals surface area contributed by atoms with Crippen molar-refractivity contribution in [1.82, 2.24) is 10.3 Å². The number of pyridine rings is 1. The zero-order valence-corrected chi connectivity index (χ0v) is 15.4. The van der Waals surface area contributed by atoms with Crippen LogP contribution >= 0.6 is 0 Å². The lowest BCUT2D eigenvalue weighted by Gasteiger charge is -2.26. The molecule has 0 bridgehead atoms. The van der Waals surface area contributed by atoms with Gasteiger partial charge in [0.15, 0.2) is 0 Å². The Bertz CT molecular complexity index is 946. The van der Waals surface area contributed by atoms with Crippen molar-refractivity contribution in [1.29, 1.82) is 0 Å². The maximum absolute atomic E-state index is 12.9. The van der Waals surface area contributed by atoms with Crippen molar-refractivity contribution in [3.05, 3.63) is 47.8 Å². The smallest absolute Gasteiger partial charge is 0.336 e. The second-order valence-corrected chi connectivity index (χ2v) is 5.61. The number of nitrogens with one attached hydrogen (secondary N) is 1. The van der Waals surface area contributed by atoms with Crippen LogP contribution < -0.4 is 24.4 Å². The molecule has 3 rings (SSSR count). The van der Waals surface area contributed by atoms with Crippen molar-refractivity contribution >= 4 is 29.6 Å². The largest absolute Gasteiger partial charge is 0.496 e. The molecule has 4 amide bonds. The third-order valence-corrected chi connectivity index (χ3v) is 4.05. The summed E-state index contributed by atoms with van der Waals surface area (Å²) >= 11 is 0. The molecule has 9 nitrogen and oxygen atoms in total. The van der Waals surface area contributed by atoms with Gasteiger partial charge < -0.3 is 14.2 Å². The summed E-state index contributed by atoms with van der Waals surface area (Å²) < 4.78 is 15.9. The fraction of sp³-hybridized carbons (Fsp3) is 0.158. The SMILES string of the molecule is COc1cc(OC)c(/C=C2\C(=O)NC(=O)N(c3cccnc3)C2=O)c(OC)c1. The van der Waals surface area contributed by atoms with Gasteiger partial charge in [-0.05, 0) is 18.2 Å². The number of rotatable bonds is 5. The lowest BCUT2D eigenvalue weighted by molar-refractivity contribution is -0.122. The van der Waals surface area contributed by atoms with Gasteiger partial charge in [-0.2, -0.15) is 0 Å². The molecule has 1 saturated heterocycles. The summed E-state index contributed by atoms with van der Waals surface area (Å²) in [5.74, 6) is -0.484. The summed E-state index contributed by atoms with van der Waals surface area (Å²) in [5.41, 5.74) is 0.326. The Morgan fingerprint density at radius 2 is 1.71 bits per heavy atom. The van der Waals surface area contributed by atoms with Gasteiger partial charge in [0.1, 0.15) is 22.8 Å². The van der Waals surface area contributed by atoms with E-state index in [9.17, 15) is 14.4 Å². The average Bonchev–Trinajstić information content (AvgIpc) is 2.71. The fourth-order valence-corrected chi connectivity index (χ4v) is 2.70. The minimum absolute atomic E-state index is 0.233. The highest BCUT2D eigenvalue weighted by atomic mass is 16.5. The summed E-state index contributed by atoms with van der Waals surface area (Å²) in [4.78, 5) is 42.2. The predicted molar refractivity (Wildman–Crippen MR) is 99.3 cm³/mol. The van der Waals surface area contributed by atoms with Gasteiger partial charge in [-0.1, -0.05) is 0 Å². The third-order valence-electron chi connectivity index (χ3n) is 4.05. The second kappa shape index (κ2) is 7.78. The first-order valence-corrected chi connectivity index (χ1v) is 8.11. The molecule has 1 aromatic heterocycles. The van der Waals surface area contributed by atoms with E-state index in [0.717, 1.165) is 4.90 Å². The summed E-state index contributed by atoms with van der Waals surface area (Å²) in [6, 6.07) is 5.43. The van der Waals surface area contributed by atoms with Crippen LogP contribution in [-0.2, 0) is 9.59 Å². The van der Waals surface area contributed by atoms with E-state index in [1.165, 1.54) is 45.9 Å². The van der Waals surface area contributed by atoms with Crippen LogP contribution in [0.25, 0.3) is 6.08 Å². The highest BCUT2D eigenvalue weighted by Gasteiger charge is 2.37. The van der Waals surface area contributed by atoms with Crippen molar-refractivity contribution in [2.75, 3.05) is 26.2 Å². The van der Waals surface area contributed by atoms with Crippen molar-refractivity contribution in [2.24, 2.45) is 0 Å². The van der Waals surface area contributed by atoms with Crippen molar-refractivity contribution in [3.63, 3.8) is 0 Å². The van der Waals surface area contributed by atoms with Crippen LogP contribution in [-0.4, -0.2) is 44.2 Å². The van der Waals surface area contributed by atoms with E-state index in [4.69, 9.17) is 14.2 Å². The number of carbonyl (C=O) groups excluding carboxylic acids is 3. The molecule has 0 unspecified atom stereocenters. The maximum Gasteiger partial charge on any atom is 0.336 e. The van der Waals surface area contributed by atoms with E-state index >= 15 is 0 Å². The van der Waals surface area contributed by atoms with Crippen molar-refractivity contribution in [3.8, 4) is 17.2 Å². The number of amides is 4. The zero-order chi connectivity index (χ0) is 20.3. The number of barbiturate groups is 1. The number of ether oxygens (including phenoxy) is 3. The Hall–Kier alpha value is -3.88. The molecule has 9 heteroatoms. The number of benzene rings is 1. The van der Waals surface area contributed by atoms with Crippen LogP contribution in [0.15, 0.2) is 42.2 Å². The average molecular weight is 383 g/mol. The molecule has 0 saturated carbocycles. The van der Waals surface area contributed by atoms with Gasteiger partial charge in [-0.3, -0.25) is 19.9 Å². The summed E-state index contributed by atoms with van der Waals surface area (Å²) in [5, 5.41) is 2.15. The number of urea groups is 1. The first-order chi connectivity index (χ1) is 13.5. The monoisotopic (exact) mass is 383 g/mol. The fourth-order valence-electron chi connectivity index (χ4n) is 2.70. The highest BCUT2D eigenvalue weighted by molar-refractivity contribution is 6.39. The lowest BCUT2D eigenvalue weighted by atomic mass is 10.0. The first-order valence-electron chi connectivity index (χ1n) is 8.11. The molecular weight excluding hydrogens is 366 g/mol. The first kappa shape index (κ1) is 18.9. The molecule has 1 aliphatic rings. The zero-order valence-electron chi connectivity index (χ0n) is 15.4. The number of anilines is 1. The van der Waals surface area contributed by atoms with Gasteiger partial charge in [0.25, 0.3) is 11.8 Å². The molecule has 1 fully saturated rings. The van der Waals surface area contributed by atoms with E-state index in [1.54, 1.807) is 18.2 Å². The van der Waals surface area contributed by atoms with Crippen LogP contribution in [0.1, 0.15) is 5.56 Å². The molecule has 0 aliphatic carbocycles. The molecule has 2 aromatic rings. The Morgan fingerprint density at radius 1 is 1.04 bits per heavy atom. The minimum atomic E-state index is -0.853. The highest BCUT2D eigenvalue weighted by Crippen LogP contribution is 2.36. The lowest BCUT2D eigenvalue weighted by Crippen LogP contribution is -2.54. The molecule has 1 aliphatic heterocycles. The van der Waals surface area contributed by atoms with Crippen LogP contribution in [0.5, 0.6) is 17.2 Å². The number of aromatic nitrogens is 1. The van der Waals surface area contributed by atoms with E-state index in [1.807, 2.05) is 0 Å². The number of hydrogen-bond acceptors (Lipinski definition) is 7. The Balaban J connectivity index is 2.12. The molecule has 144 valence electrons. The number of hydrogen-bond donors (Lipinski definition) is 1. The van der Waals surface area contributed by atoms with Gasteiger partial charge in [0.05, 0.1) is 38.8 Å². The molecular formula is C19H17N3O6. The number of imide groups is 2. The number of carbonyl (C=O) groups is 3. The van der Waals surface area contributed by atoms with Gasteiger partial charge >= 0.3 is 6.03 Å². The quantitative estimate of drug-likeness (QED) is 0.619. The van der Waals surface area contributed by atoms with Crippen LogP contribution in [0.2, 0.25) is 0 Å². The molecule has 28 heavy (non-hydrogen) atoms. The maximum atomic E-state index is 12.9. The van der Waals surface area contributed by atoms with Crippen molar-refractivity contribution in [2.45, 2.75) is 0 Å². The van der Waals surface area contributed by atoms with Crippen LogP contribution in [0.4, 0.5) is 10.5 Å².